The van der Waals surface area contributed by atoms with Gasteiger partial charge in [-0.05, 0) is 42.9 Å². The van der Waals surface area contributed by atoms with E-state index in [2.05, 4.69) is 5.10 Å². The molecule has 0 unspecified atom stereocenters. The van der Waals surface area contributed by atoms with Crippen molar-refractivity contribution in [1.82, 2.24) is 9.78 Å². The van der Waals surface area contributed by atoms with Crippen LogP contribution in [0.1, 0.15) is 29.9 Å². The van der Waals surface area contributed by atoms with Crippen molar-refractivity contribution in [2.24, 2.45) is 0 Å². The molecule has 6 nitrogen and oxygen atoms in total. The normalized spacial score (nSPS) is 14.4. The topological polar surface area (TPSA) is 62.6 Å². The number of carbonyl (C=O) groups is 1. The molecule has 1 aliphatic rings. The van der Waals surface area contributed by atoms with Gasteiger partial charge in [-0.1, -0.05) is 6.07 Å². The highest BCUT2D eigenvalue weighted by atomic mass is 16.6. The first-order valence-corrected chi connectivity index (χ1v) is 7.77. The zero-order chi connectivity index (χ0) is 17.1. The van der Waals surface area contributed by atoms with Gasteiger partial charge in [-0.2, -0.15) is 5.10 Å². The SMILES string of the molecule is CO/C=C(\Oc1cc(-n2cc(C3CC3)cn2)ccc1C)C(=O)OC. The van der Waals surface area contributed by atoms with Gasteiger partial charge in [0.05, 0.1) is 26.1 Å². The predicted molar refractivity (Wildman–Crippen MR) is 88.0 cm³/mol. The van der Waals surface area contributed by atoms with Crippen molar-refractivity contribution in [2.45, 2.75) is 25.7 Å². The summed E-state index contributed by atoms with van der Waals surface area (Å²) in [5, 5.41) is 4.42. The molecule has 0 radical (unpaired) electrons. The molecule has 1 fully saturated rings. The number of methoxy groups -OCH3 is 2. The molecule has 2 aromatic rings. The van der Waals surface area contributed by atoms with Gasteiger partial charge in [-0.25, -0.2) is 9.48 Å². The third kappa shape index (κ3) is 3.42. The summed E-state index contributed by atoms with van der Waals surface area (Å²) in [6.07, 6.45) is 7.63. The van der Waals surface area contributed by atoms with Crippen LogP contribution in [0.4, 0.5) is 0 Å². The van der Waals surface area contributed by atoms with Crippen LogP contribution in [0.15, 0.2) is 42.6 Å². The van der Waals surface area contributed by atoms with Crippen LogP contribution < -0.4 is 4.74 Å². The Balaban J connectivity index is 1.87. The molecule has 0 saturated heterocycles. The summed E-state index contributed by atoms with van der Waals surface area (Å²) in [7, 11) is 2.74. The molecule has 1 aliphatic carbocycles. The van der Waals surface area contributed by atoms with Crippen LogP contribution in [0.5, 0.6) is 5.75 Å². The largest absolute Gasteiger partial charge is 0.500 e. The summed E-state index contributed by atoms with van der Waals surface area (Å²) >= 11 is 0. The molecule has 1 aromatic heterocycles. The van der Waals surface area contributed by atoms with E-state index in [4.69, 9.17) is 14.2 Å². The van der Waals surface area contributed by atoms with Gasteiger partial charge in [-0.15, -0.1) is 0 Å². The van der Waals surface area contributed by atoms with Gasteiger partial charge in [0.1, 0.15) is 12.0 Å². The Labute approximate surface area is 140 Å². The maximum absolute atomic E-state index is 11.7. The monoisotopic (exact) mass is 328 g/mol. The fourth-order valence-corrected chi connectivity index (χ4v) is 2.39. The van der Waals surface area contributed by atoms with Crippen molar-refractivity contribution in [3.63, 3.8) is 0 Å². The lowest BCUT2D eigenvalue weighted by molar-refractivity contribution is -0.138. The van der Waals surface area contributed by atoms with Crippen molar-refractivity contribution in [1.29, 1.82) is 0 Å². The minimum Gasteiger partial charge on any atom is -0.500 e. The first-order chi connectivity index (χ1) is 11.6. The Bertz CT molecular complexity index is 775. The molecule has 126 valence electrons. The third-order valence-electron chi connectivity index (χ3n) is 3.92. The summed E-state index contributed by atoms with van der Waals surface area (Å²) in [6, 6.07) is 5.72. The number of hydrogen-bond donors (Lipinski definition) is 0. The number of aromatic nitrogens is 2. The van der Waals surface area contributed by atoms with Gasteiger partial charge in [0.2, 0.25) is 5.76 Å². The number of aryl methyl sites for hydroxylation is 1. The number of carbonyl (C=O) groups excluding carboxylic acids is 1. The number of rotatable bonds is 6. The van der Waals surface area contributed by atoms with E-state index in [1.54, 1.807) is 0 Å². The highest BCUT2D eigenvalue weighted by Crippen LogP contribution is 2.40. The molecule has 6 heteroatoms. The van der Waals surface area contributed by atoms with Gasteiger partial charge in [0, 0.05) is 12.3 Å². The zero-order valence-corrected chi connectivity index (χ0v) is 14.0. The first-order valence-electron chi connectivity index (χ1n) is 7.77. The summed E-state index contributed by atoms with van der Waals surface area (Å²) in [6.45, 7) is 1.90. The molecule has 0 aliphatic heterocycles. The molecule has 0 N–H and O–H groups in total. The van der Waals surface area contributed by atoms with Crippen LogP contribution in [0, 0.1) is 6.92 Å². The highest BCUT2D eigenvalue weighted by molar-refractivity contribution is 5.86. The van der Waals surface area contributed by atoms with Crippen LogP contribution in [0.25, 0.3) is 5.69 Å². The van der Waals surface area contributed by atoms with E-state index >= 15 is 0 Å². The van der Waals surface area contributed by atoms with Crippen LogP contribution in [0.2, 0.25) is 0 Å². The third-order valence-corrected chi connectivity index (χ3v) is 3.92. The molecular weight excluding hydrogens is 308 g/mol. The second-order valence-corrected chi connectivity index (χ2v) is 5.75. The molecule has 0 bridgehead atoms. The molecule has 1 aromatic carbocycles. The average molecular weight is 328 g/mol. The summed E-state index contributed by atoms with van der Waals surface area (Å²) in [5.41, 5.74) is 3.01. The molecule has 3 rings (SSSR count). The van der Waals surface area contributed by atoms with Gasteiger partial charge in [0.25, 0.3) is 0 Å². The number of benzene rings is 1. The van der Waals surface area contributed by atoms with Gasteiger partial charge in [-0.3, -0.25) is 0 Å². The molecule has 0 atom stereocenters. The Morgan fingerprint density at radius 2 is 2.12 bits per heavy atom. The number of esters is 1. The fourth-order valence-electron chi connectivity index (χ4n) is 2.39. The van der Waals surface area contributed by atoms with Crippen molar-refractivity contribution in [3.05, 3.63) is 53.7 Å². The van der Waals surface area contributed by atoms with Crippen LogP contribution in [-0.2, 0) is 14.3 Å². The average Bonchev–Trinajstić information content (AvgIpc) is 3.33. The minimum atomic E-state index is -0.600. The Hall–Kier alpha value is -2.76. The summed E-state index contributed by atoms with van der Waals surface area (Å²) in [5.74, 6) is 0.580. The number of ether oxygens (including phenoxy) is 3. The molecule has 1 heterocycles. The zero-order valence-electron chi connectivity index (χ0n) is 14.0. The predicted octanol–water partition coefficient (Wildman–Crippen LogP) is 3.10. The Kier molecular flexibility index (Phi) is 4.55. The molecule has 0 amide bonds. The lowest BCUT2D eigenvalue weighted by Crippen LogP contribution is -2.12. The molecule has 0 spiro atoms. The van der Waals surface area contributed by atoms with E-state index < -0.39 is 5.97 Å². The van der Waals surface area contributed by atoms with Crippen molar-refractivity contribution < 1.29 is 19.0 Å². The lowest BCUT2D eigenvalue weighted by atomic mass is 10.2. The summed E-state index contributed by atoms with van der Waals surface area (Å²) in [4.78, 5) is 11.7. The van der Waals surface area contributed by atoms with Crippen LogP contribution in [0.3, 0.4) is 0 Å². The van der Waals surface area contributed by atoms with E-state index in [9.17, 15) is 4.79 Å². The van der Waals surface area contributed by atoms with Crippen LogP contribution >= 0.6 is 0 Å². The smallest absolute Gasteiger partial charge is 0.377 e. The van der Waals surface area contributed by atoms with Gasteiger partial charge < -0.3 is 14.2 Å². The van der Waals surface area contributed by atoms with Crippen molar-refractivity contribution in [2.75, 3.05) is 14.2 Å². The standard InChI is InChI=1S/C18H20N2O4/c1-12-4-7-15(20-10-14(9-19-20)13-5-6-13)8-16(12)24-17(11-22-2)18(21)23-3/h4,7-11,13H,5-6H2,1-3H3/b17-11-. The first kappa shape index (κ1) is 16.1. The molecular formula is C18H20N2O4. The lowest BCUT2D eigenvalue weighted by Gasteiger charge is -2.12. The minimum absolute atomic E-state index is 0.0145. The fraction of sp³-hybridized carbons (Fsp3) is 0.333. The highest BCUT2D eigenvalue weighted by Gasteiger charge is 2.25. The number of nitrogens with zero attached hydrogens (tertiary/aromatic N) is 2. The van der Waals surface area contributed by atoms with Gasteiger partial charge in [0.15, 0.2) is 0 Å². The van der Waals surface area contributed by atoms with Crippen molar-refractivity contribution in [3.8, 4) is 11.4 Å². The second kappa shape index (κ2) is 6.78. The Morgan fingerprint density at radius 3 is 2.79 bits per heavy atom. The van der Waals surface area contributed by atoms with E-state index in [-0.39, 0.29) is 5.76 Å². The van der Waals surface area contributed by atoms with Crippen LogP contribution in [-0.4, -0.2) is 30.0 Å². The second-order valence-electron chi connectivity index (χ2n) is 5.75. The van der Waals surface area contributed by atoms with E-state index in [0.717, 1.165) is 11.3 Å². The van der Waals surface area contributed by atoms with E-state index in [1.165, 1.54) is 38.9 Å². The van der Waals surface area contributed by atoms with Gasteiger partial charge >= 0.3 is 5.97 Å². The van der Waals surface area contributed by atoms with E-state index in [0.29, 0.717) is 11.7 Å². The maximum atomic E-state index is 11.7. The Morgan fingerprint density at radius 1 is 1.33 bits per heavy atom. The summed E-state index contributed by atoms with van der Waals surface area (Å²) < 4.78 is 17.1. The number of hydrogen-bond acceptors (Lipinski definition) is 5. The van der Waals surface area contributed by atoms with E-state index in [1.807, 2.05) is 42.2 Å². The molecule has 24 heavy (non-hydrogen) atoms. The quantitative estimate of drug-likeness (QED) is 0.463. The van der Waals surface area contributed by atoms with Crippen molar-refractivity contribution >= 4 is 5.97 Å². The molecule has 1 saturated carbocycles. The maximum Gasteiger partial charge on any atom is 0.377 e.